The Labute approximate surface area is 274 Å². The lowest BCUT2D eigenvalue weighted by Gasteiger charge is -2.22. The first-order chi connectivity index (χ1) is 23.5. The molecule has 1 heterocycles. The van der Waals surface area contributed by atoms with Crippen LogP contribution in [0.1, 0.15) is 0 Å². The Hall–Kier alpha value is -5.71. The van der Waals surface area contributed by atoms with E-state index in [2.05, 4.69) is 78.9 Å². The highest BCUT2D eigenvalue weighted by molar-refractivity contribution is 7.23. The van der Waals surface area contributed by atoms with Crippen molar-refractivity contribution in [3.8, 4) is 43.8 Å². The summed E-state index contributed by atoms with van der Waals surface area (Å²) >= 11 is 1.75. The Kier molecular flexibility index (Phi) is 4.45. The summed E-state index contributed by atoms with van der Waals surface area (Å²) in [5, 5.41) is 9.74. The lowest BCUT2D eigenvalue weighted by molar-refractivity contribution is 0.630. The molecule has 0 radical (unpaired) electrons. The summed E-state index contributed by atoms with van der Waals surface area (Å²) in [6.07, 6.45) is 0. The van der Waals surface area contributed by atoms with Gasteiger partial charge >= 0.3 is 0 Å². The number of halogens is 3. The molecule has 0 spiro atoms. The van der Waals surface area contributed by atoms with Gasteiger partial charge in [-0.05, 0) is 96.5 Å². The Morgan fingerprint density at radius 1 is 0.375 bits per heavy atom. The van der Waals surface area contributed by atoms with Crippen molar-refractivity contribution in [3.63, 3.8) is 0 Å². The summed E-state index contributed by atoms with van der Waals surface area (Å²) in [4.78, 5) is 1.15. The SMILES string of the molecule is Fc1cc2cc3c4c(cc5cc(F)c6cc(F)c7ccc1c1c2c4c5c6c71)-c1c-3sc2cc(-c3ccc(-c4ccccc4)cc3)ccc12. The molecule has 1 aliphatic rings. The topological polar surface area (TPSA) is 0 Å². The lowest BCUT2D eigenvalue weighted by atomic mass is 9.81. The normalized spacial score (nSPS) is 12.9. The molecular weight excluding hydrogens is 618 g/mol. The maximum absolute atomic E-state index is 15.9. The molecule has 4 heteroatoms. The zero-order valence-electron chi connectivity index (χ0n) is 25.0. The van der Waals surface area contributed by atoms with Gasteiger partial charge in [0.25, 0.3) is 0 Å². The minimum atomic E-state index is -0.493. The van der Waals surface area contributed by atoms with E-state index in [4.69, 9.17) is 0 Å². The molecule has 1 aliphatic carbocycles. The molecule has 1 aromatic heterocycles. The first kappa shape index (κ1) is 25.4. The van der Waals surface area contributed by atoms with Crippen molar-refractivity contribution in [2.45, 2.75) is 0 Å². The van der Waals surface area contributed by atoms with E-state index in [0.29, 0.717) is 26.9 Å². The quantitative estimate of drug-likeness (QED) is 0.131. The zero-order valence-corrected chi connectivity index (χ0v) is 25.8. The van der Waals surface area contributed by atoms with Gasteiger partial charge in [0.1, 0.15) is 17.5 Å². The molecule has 48 heavy (non-hydrogen) atoms. The molecule has 0 aliphatic heterocycles. The fourth-order valence-corrected chi connectivity index (χ4v) is 10.1. The highest BCUT2D eigenvalue weighted by Crippen LogP contribution is 2.60. The van der Waals surface area contributed by atoms with Gasteiger partial charge < -0.3 is 0 Å². The predicted molar refractivity (Wildman–Crippen MR) is 196 cm³/mol. The van der Waals surface area contributed by atoms with Gasteiger partial charge in [-0.3, -0.25) is 0 Å². The first-order valence-electron chi connectivity index (χ1n) is 16.0. The highest BCUT2D eigenvalue weighted by atomic mass is 32.1. The summed E-state index contributed by atoms with van der Waals surface area (Å²) in [6, 6.07) is 37.7. The van der Waals surface area contributed by atoms with E-state index in [0.717, 1.165) is 70.4 Å². The minimum Gasteiger partial charge on any atom is -0.206 e. The molecule has 11 aromatic rings. The fourth-order valence-electron chi connectivity index (χ4n) is 8.85. The molecule has 0 saturated carbocycles. The van der Waals surface area contributed by atoms with Gasteiger partial charge in [0, 0.05) is 58.4 Å². The second-order valence-corrected chi connectivity index (χ2v) is 14.2. The molecule has 0 amide bonds. The van der Waals surface area contributed by atoms with Crippen LogP contribution in [-0.2, 0) is 0 Å². The number of hydrogen-bond acceptors (Lipinski definition) is 1. The van der Waals surface area contributed by atoms with Crippen molar-refractivity contribution >= 4 is 86.1 Å². The Balaban J connectivity index is 1.15. The van der Waals surface area contributed by atoms with Gasteiger partial charge in [0.2, 0.25) is 0 Å². The smallest absolute Gasteiger partial charge is 0.131 e. The summed E-state index contributed by atoms with van der Waals surface area (Å²) in [5.74, 6) is -1.31. The molecule has 0 nitrogen and oxygen atoms in total. The number of benzene rings is 10. The first-order valence-corrected chi connectivity index (χ1v) is 16.8. The molecule has 12 rings (SSSR count). The van der Waals surface area contributed by atoms with Crippen LogP contribution in [-0.4, -0.2) is 0 Å². The summed E-state index contributed by atoms with van der Waals surface area (Å²) in [5.41, 5.74) is 7.96. The molecule has 0 atom stereocenters. The maximum Gasteiger partial charge on any atom is 0.131 e. The summed E-state index contributed by atoms with van der Waals surface area (Å²) < 4.78 is 48.5. The maximum atomic E-state index is 15.9. The molecule has 222 valence electrons. The third-order valence-corrected chi connectivity index (χ3v) is 12.0. The predicted octanol–water partition coefficient (Wildman–Crippen LogP) is 13.5. The van der Waals surface area contributed by atoms with E-state index in [1.54, 1.807) is 35.6 Å². The largest absolute Gasteiger partial charge is 0.206 e. The van der Waals surface area contributed by atoms with Gasteiger partial charge in [-0.2, -0.15) is 0 Å². The van der Waals surface area contributed by atoms with E-state index in [1.807, 2.05) is 6.07 Å². The van der Waals surface area contributed by atoms with Gasteiger partial charge in [-0.25, -0.2) is 13.2 Å². The Morgan fingerprint density at radius 2 is 0.917 bits per heavy atom. The van der Waals surface area contributed by atoms with Crippen molar-refractivity contribution in [1.29, 1.82) is 0 Å². The van der Waals surface area contributed by atoms with Gasteiger partial charge in [-0.1, -0.05) is 78.9 Å². The van der Waals surface area contributed by atoms with Crippen molar-refractivity contribution in [3.05, 3.63) is 133 Å². The average molecular weight is 637 g/mol. The van der Waals surface area contributed by atoms with E-state index in [9.17, 15) is 0 Å². The fraction of sp³-hybridized carbons (Fsp3) is 0. The monoisotopic (exact) mass is 636 g/mol. The van der Waals surface area contributed by atoms with Crippen molar-refractivity contribution in [1.82, 2.24) is 0 Å². The van der Waals surface area contributed by atoms with Crippen LogP contribution >= 0.6 is 11.3 Å². The number of rotatable bonds is 2. The van der Waals surface area contributed by atoms with Crippen LogP contribution in [0.15, 0.2) is 115 Å². The Bertz CT molecular complexity index is 3150. The number of fused-ring (bicyclic) bond motifs is 5. The zero-order chi connectivity index (χ0) is 31.6. The molecule has 0 fully saturated rings. The molecule has 10 aromatic carbocycles. The molecule has 0 unspecified atom stereocenters. The second-order valence-electron chi connectivity index (χ2n) is 13.2. The summed E-state index contributed by atoms with van der Waals surface area (Å²) in [6.45, 7) is 0. The summed E-state index contributed by atoms with van der Waals surface area (Å²) in [7, 11) is 0. The van der Waals surface area contributed by atoms with Crippen LogP contribution in [0.3, 0.4) is 0 Å². The molecule has 0 saturated heterocycles. The van der Waals surface area contributed by atoms with Gasteiger partial charge in [0.15, 0.2) is 0 Å². The number of thiophene rings is 1. The lowest BCUT2D eigenvalue weighted by Crippen LogP contribution is -1.97. The minimum absolute atomic E-state index is 0.242. The van der Waals surface area contributed by atoms with Crippen LogP contribution in [0.4, 0.5) is 13.2 Å². The third-order valence-electron chi connectivity index (χ3n) is 10.8. The Morgan fingerprint density at radius 3 is 1.65 bits per heavy atom. The average Bonchev–Trinajstić information content (AvgIpc) is 3.63. The third kappa shape index (κ3) is 2.91. The van der Waals surface area contributed by atoms with E-state index in [1.165, 1.54) is 21.9 Å². The van der Waals surface area contributed by atoms with Crippen LogP contribution in [0, 0.1) is 17.5 Å². The highest BCUT2D eigenvalue weighted by Gasteiger charge is 2.32. The second kappa shape index (κ2) is 8.41. The van der Waals surface area contributed by atoms with Crippen LogP contribution < -0.4 is 0 Å². The van der Waals surface area contributed by atoms with Crippen LogP contribution in [0.2, 0.25) is 0 Å². The van der Waals surface area contributed by atoms with E-state index < -0.39 is 11.6 Å². The standard InChI is InChI=1S/C44H19F3S/c45-32-16-25-15-31-38-30(14-24-17-33(46)29-19-34(47)27-13-12-26(32)40-36(25)43(38)37(24)42(29)41(27)40)39-28-11-10-23(18-35(28)48-44(31)39)22-8-6-21(7-9-22)20-4-2-1-3-5-20/h1-19H. The van der Waals surface area contributed by atoms with Gasteiger partial charge in [0.05, 0.1) is 0 Å². The van der Waals surface area contributed by atoms with Crippen molar-refractivity contribution < 1.29 is 13.2 Å². The number of hydrogen-bond donors (Lipinski definition) is 0. The van der Waals surface area contributed by atoms with Crippen molar-refractivity contribution in [2.24, 2.45) is 0 Å². The molecule has 0 N–H and O–H groups in total. The van der Waals surface area contributed by atoms with E-state index in [-0.39, 0.29) is 11.2 Å². The van der Waals surface area contributed by atoms with E-state index >= 15 is 13.2 Å². The van der Waals surface area contributed by atoms with Crippen LogP contribution in [0.5, 0.6) is 0 Å². The van der Waals surface area contributed by atoms with Crippen molar-refractivity contribution in [2.75, 3.05) is 0 Å². The van der Waals surface area contributed by atoms with Gasteiger partial charge in [-0.15, -0.1) is 11.3 Å². The molecule has 0 bridgehead atoms. The van der Waals surface area contributed by atoms with Crippen LogP contribution in [0.25, 0.3) is 119 Å². The molecular formula is C44H19F3S.